The summed E-state index contributed by atoms with van der Waals surface area (Å²) in [7, 11) is 0. The van der Waals surface area contributed by atoms with E-state index in [2.05, 4.69) is 24.3 Å². The number of amides is 1. The summed E-state index contributed by atoms with van der Waals surface area (Å²) >= 11 is 0. The van der Waals surface area contributed by atoms with Gasteiger partial charge in [0.2, 0.25) is 0 Å². The molecule has 5 heteroatoms. The van der Waals surface area contributed by atoms with Gasteiger partial charge in [-0.1, -0.05) is 60.7 Å². The highest BCUT2D eigenvalue weighted by molar-refractivity contribution is 5.87. The number of aliphatic carboxylic acids is 1. The highest BCUT2D eigenvalue weighted by Gasteiger charge is 2.49. The maximum atomic E-state index is 12.8. The van der Waals surface area contributed by atoms with E-state index in [9.17, 15) is 14.7 Å². The average molecular weight is 377 g/mol. The van der Waals surface area contributed by atoms with Crippen LogP contribution in [0, 0.1) is 0 Å². The van der Waals surface area contributed by atoms with Crippen molar-refractivity contribution in [3.63, 3.8) is 0 Å². The van der Waals surface area contributed by atoms with E-state index < -0.39 is 17.6 Å². The van der Waals surface area contributed by atoms with Gasteiger partial charge in [0.25, 0.3) is 0 Å². The molecule has 4 rings (SSSR count). The van der Waals surface area contributed by atoms with Gasteiger partial charge in [0.15, 0.2) is 5.54 Å². The monoisotopic (exact) mass is 377 g/mol. The van der Waals surface area contributed by atoms with Gasteiger partial charge in [0.05, 0.1) is 0 Å². The summed E-state index contributed by atoms with van der Waals surface area (Å²) in [6.07, 6.45) is 3.74. The molecule has 1 atom stereocenters. The molecule has 1 N–H and O–H groups in total. The fraction of sp³-hybridized carbons (Fsp3) is 0.304. The smallest absolute Gasteiger partial charge is 0.411 e. The number of allylic oxidation sites excluding steroid dienone is 1. The minimum Gasteiger partial charge on any atom is -0.479 e. The van der Waals surface area contributed by atoms with Gasteiger partial charge in [-0.25, -0.2) is 9.59 Å². The number of hydrogen-bond acceptors (Lipinski definition) is 3. The molecule has 0 radical (unpaired) electrons. The molecule has 1 fully saturated rings. The number of carbonyl (C=O) groups excluding carboxylic acids is 1. The van der Waals surface area contributed by atoms with E-state index in [4.69, 9.17) is 4.74 Å². The Labute approximate surface area is 164 Å². The largest absolute Gasteiger partial charge is 0.479 e. The van der Waals surface area contributed by atoms with Gasteiger partial charge in [0.1, 0.15) is 6.61 Å². The van der Waals surface area contributed by atoms with Crippen LogP contribution in [-0.2, 0) is 9.53 Å². The van der Waals surface area contributed by atoms with Crippen LogP contribution < -0.4 is 0 Å². The molecule has 0 bridgehead atoms. The van der Waals surface area contributed by atoms with Gasteiger partial charge in [0, 0.05) is 12.5 Å². The van der Waals surface area contributed by atoms with Crippen molar-refractivity contribution in [1.82, 2.24) is 4.90 Å². The molecule has 0 spiro atoms. The molecule has 2 aliphatic rings. The summed E-state index contributed by atoms with van der Waals surface area (Å²) in [6.45, 7) is 2.33. The Bertz CT molecular complexity index is 906. The first-order valence-electron chi connectivity index (χ1n) is 9.58. The Morgan fingerprint density at radius 3 is 2.32 bits per heavy atom. The van der Waals surface area contributed by atoms with Crippen LogP contribution in [0.4, 0.5) is 4.79 Å². The molecule has 28 heavy (non-hydrogen) atoms. The van der Waals surface area contributed by atoms with Gasteiger partial charge in [-0.15, -0.1) is 0 Å². The molecular formula is C23H23NO4. The van der Waals surface area contributed by atoms with Gasteiger partial charge in [-0.05, 0) is 42.0 Å². The van der Waals surface area contributed by atoms with Crippen LogP contribution in [0.1, 0.15) is 36.8 Å². The number of nitrogens with zero attached hydrogens (tertiary/aromatic N) is 1. The van der Waals surface area contributed by atoms with Crippen molar-refractivity contribution in [3.8, 4) is 11.1 Å². The number of fused-ring (bicyclic) bond motifs is 3. The Balaban J connectivity index is 1.57. The fourth-order valence-corrected chi connectivity index (χ4v) is 4.51. The molecule has 2 aromatic carbocycles. The summed E-state index contributed by atoms with van der Waals surface area (Å²) in [6, 6.07) is 16.3. The van der Waals surface area contributed by atoms with E-state index in [0.717, 1.165) is 22.3 Å². The topological polar surface area (TPSA) is 66.8 Å². The van der Waals surface area contributed by atoms with E-state index in [-0.39, 0.29) is 12.5 Å². The standard InChI is InChI=1S/C23H23NO4/c1-2-12-23(21(25)26)13-7-14-24(23)22(27)28-15-20-18-10-5-3-8-16(18)17-9-4-6-11-19(17)20/h2-6,8-12,20H,7,13-15H2,1H3,(H,25,26). The molecule has 0 saturated carbocycles. The predicted octanol–water partition coefficient (Wildman–Crippen LogP) is 4.43. The van der Waals surface area contributed by atoms with Crippen molar-refractivity contribution in [1.29, 1.82) is 0 Å². The summed E-state index contributed by atoms with van der Waals surface area (Å²) in [5, 5.41) is 9.75. The fourth-order valence-electron chi connectivity index (χ4n) is 4.51. The average Bonchev–Trinajstić information content (AvgIpc) is 3.27. The first kappa shape index (κ1) is 18.3. The second-order valence-corrected chi connectivity index (χ2v) is 7.29. The highest BCUT2D eigenvalue weighted by Crippen LogP contribution is 2.44. The van der Waals surface area contributed by atoms with E-state index in [0.29, 0.717) is 19.4 Å². The van der Waals surface area contributed by atoms with E-state index in [1.54, 1.807) is 19.1 Å². The lowest BCUT2D eigenvalue weighted by molar-refractivity contribution is -0.146. The number of carbonyl (C=O) groups is 2. The molecular weight excluding hydrogens is 354 g/mol. The molecule has 2 aromatic rings. The van der Waals surface area contributed by atoms with Crippen LogP contribution in [0.3, 0.4) is 0 Å². The third kappa shape index (κ3) is 2.78. The van der Waals surface area contributed by atoms with Crippen LogP contribution >= 0.6 is 0 Å². The Kier molecular flexibility index (Phi) is 4.67. The lowest BCUT2D eigenvalue weighted by atomic mass is 9.96. The van der Waals surface area contributed by atoms with Crippen molar-refractivity contribution in [2.75, 3.05) is 13.2 Å². The molecule has 1 heterocycles. The number of rotatable bonds is 4. The Hall–Kier alpha value is -3.08. The Morgan fingerprint density at radius 1 is 1.14 bits per heavy atom. The number of benzene rings is 2. The van der Waals surface area contributed by atoms with Crippen molar-refractivity contribution >= 4 is 12.1 Å². The van der Waals surface area contributed by atoms with Crippen molar-refractivity contribution in [2.24, 2.45) is 0 Å². The van der Waals surface area contributed by atoms with Gasteiger partial charge < -0.3 is 9.84 Å². The molecule has 5 nitrogen and oxygen atoms in total. The first-order chi connectivity index (χ1) is 13.6. The predicted molar refractivity (Wildman–Crippen MR) is 106 cm³/mol. The zero-order chi connectivity index (χ0) is 19.7. The second kappa shape index (κ2) is 7.15. The summed E-state index contributed by atoms with van der Waals surface area (Å²) in [5.41, 5.74) is 3.28. The zero-order valence-corrected chi connectivity index (χ0v) is 15.8. The van der Waals surface area contributed by atoms with Crippen LogP contribution in [0.25, 0.3) is 11.1 Å². The van der Waals surface area contributed by atoms with Crippen LogP contribution in [-0.4, -0.2) is 40.8 Å². The highest BCUT2D eigenvalue weighted by atomic mass is 16.6. The zero-order valence-electron chi connectivity index (χ0n) is 15.8. The van der Waals surface area contributed by atoms with Crippen LogP contribution in [0.2, 0.25) is 0 Å². The maximum absolute atomic E-state index is 12.8. The minimum atomic E-state index is -1.31. The second-order valence-electron chi connectivity index (χ2n) is 7.29. The molecule has 1 unspecified atom stereocenters. The SMILES string of the molecule is CC=CC1(C(=O)O)CCCN1C(=O)OCC1c2ccccc2-c2ccccc21. The minimum absolute atomic E-state index is 0.0418. The molecule has 1 aliphatic heterocycles. The molecule has 0 aromatic heterocycles. The molecule has 1 aliphatic carbocycles. The first-order valence-corrected chi connectivity index (χ1v) is 9.58. The summed E-state index contributed by atoms with van der Waals surface area (Å²) < 4.78 is 5.67. The molecule has 1 saturated heterocycles. The van der Waals surface area contributed by atoms with Crippen molar-refractivity contribution < 1.29 is 19.4 Å². The number of hydrogen-bond donors (Lipinski definition) is 1. The van der Waals surface area contributed by atoms with Gasteiger partial charge in [-0.2, -0.15) is 0 Å². The van der Waals surface area contributed by atoms with E-state index >= 15 is 0 Å². The van der Waals surface area contributed by atoms with Crippen LogP contribution in [0.5, 0.6) is 0 Å². The third-order valence-corrected chi connectivity index (χ3v) is 5.79. The quantitative estimate of drug-likeness (QED) is 0.801. The molecule has 144 valence electrons. The normalized spacial score (nSPS) is 21.0. The van der Waals surface area contributed by atoms with Crippen molar-refractivity contribution in [3.05, 3.63) is 71.8 Å². The number of likely N-dealkylation sites (tertiary alicyclic amines) is 1. The lowest BCUT2D eigenvalue weighted by Gasteiger charge is -2.31. The summed E-state index contributed by atoms with van der Waals surface area (Å²) in [5.74, 6) is -1.06. The van der Waals surface area contributed by atoms with E-state index in [1.807, 2.05) is 24.3 Å². The van der Waals surface area contributed by atoms with Gasteiger partial charge >= 0.3 is 12.1 Å². The van der Waals surface area contributed by atoms with Crippen molar-refractivity contribution in [2.45, 2.75) is 31.2 Å². The molecule has 1 amide bonds. The Morgan fingerprint density at radius 2 is 1.75 bits per heavy atom. The van der Waals surface area contributed by atoms with E-state index in [1.165, 1.54) is 4.90 Å². The summed E-state index contributed by atoms with van der Waals surface area (Å²) in [4.78, 5) is 26.1. The van der Waals surface area contributed by atoms with Gasteiger partial charge in [-0.3, -0.25) is 4.90 Å². The lowest BCUT2D eigenvalue weighted by Crippen LogP contribution is -2.52. The number of carboxylic acids is 1. The third-order valence-electron chi connectivity index (χ3n) is 5.79. The number of ether oxygens (including phenoxy) is 1. The number of carboxylic acid groups (broad SMARTS) is 1. The maximum Gasteiger partial charge on any atom is 0.411 e. The van der Waals surface area contributed by atoms with Crippen LogP contribution in [0.15, 0.2) is 60.7 Å².